The lowest BCUT2D eigenvalue weighted by Crippen LogP contribution is -2.23. The van der Waals surface area contributed by atoms with Crippen molar-refractivity contribution in [3.63, 3.8) is 0 Å². The Hall–Kier alpha value is -3.51. The van der Waals surface area contributed by atoms with E-state index in [4.69, 9.17) is 4.74 Å². The molecule has 0 saturated heterocycles. The van der Waals surface area contributed by atoms with Gasteiger partial charge in [0.15, 0.2) is 4.80 Å². The Morgan fingerprint density at radius 1 is 0.938 bits per heavy atom. The van der Waals surface area contributed by atoms with Gasteiger partial charge in [0, 0.05) is 5.56 Å². The second-order valence-corrected chi connectivity index (χ2v) is 8.55. The number of hydrogen-bond donors (Lipinski definition) is 0. The number of esters is 1. The molecule has 0 saturated carbocycles. The minimum atomic E-state index is -0.355. The van der Waals surface area contributed by atoms with Crippen LogP contribution in [0, 0.1) is 13.8 Å². The third-order valence-corrected chi connectivity index (χ3v) is 6.37. The molecule has 6 heteroatoms. The van der Waals surface area contributed by atoms with E-state index < -0.39 is 0 Å². The van der Waals surface area contributed by atoms with Gasteiger partial charge in [-0.15, -0.1) is 0 Å². The number of nitrogens with zero attached hydrogens (tertiary/aromatic N) is 2. The van der Waals surface area contributed by atoms with Gasteiger partial charge in [-0.3, -0.25) is 9.59 Å². The van der Waals surface area contributed by atoms with E-state index in [-0.39, 0.29) is 18.4 Å². The Labute approximate surface area is 190 Å². The van der Waals surface area contributed by atoms with Gasteiger partial charge in [-0.2, -0.15) is 4.99 Å². The van der Waals surface area contributed by atoms with Crippen molar-refractivity contribution in [3.8, 4) is 11.1 Å². The van der Waals surface area contributed by atoms with E-state index in [1.54, 1.807) is 23.6 Å². The van der Waals surface area contributed by atoms with Gasteiger partial charge >= 0.3 is 5.97 Å². The summed E-state index contributed by atoms with van der Waals surface area (Å²) in [7, 11) is 0. The quantitative estimate of drug-likeness (QED) is 0.393. The third kappa shape index (κ3) is 4.55. The summed E-state index contributed by atoms with van der Waals surface area (Å²) in [4.78, 5) is 30.0. The van der Waals surface area contributed by atoms with Crippen molar-refractivity contribution >= 4 is 33.4 Å². The summed E-state index contributed by atoms with van der Waals surface area (Å²) < 4.78 is 7.88. The minimum absolute atomic E-state index is 0.00932. The van der Waals surface area contributed by atoms with Crippen LogP contribution < -0.4 is 4.80 Å². The molecule has 0 fully saturated rings. The maximum atomic E-state index is 12.9. The number of aryl methyl sites for hydroxylation is 2. The average molecular weight is 445 g/mol. The van der Waals surface area contributed by atoms with Gasteiger partial charge in [0.1, 0.15) is 6.54 Å². The summed E-state index contributed by atoms with van der Waals surface area (Å²) in [5.41, 5.74) is 5.76. The Kier molecular flexibility index (Phi) is 6.32. The molecule has 1 aromatic heterocycles. The number of thiazole rings is 1. The van der Waals surface area contributed by atoms with Gasteiger partial charge < -0.3 is 9.30 Å². The third-order valence-electron chi connectivity index (χ3n) is 5.33. The first-order valence-corrected chi connectivity index (χ1v) is 11.3. The molecular formula is C26H24N2O3S. The molecule has 32 heavy (non-hydrogen) atoms. The molecule has 0 N–H and O–H groups in total. The van der Waals surface area contributed by atoms with Crippen LogP contribution >= 0.6 is 11.3 Å². The lowest BCUT2D eigenvalue weighted by molar-refractivity contribution is -0.143. The first kappa shape index (κ1) is 21.7. The molecule has 4 aromatic rings. The number of carbonyl (C=O) groups excluding carboxylic acids is 2. The number of carbonyl (C=O) groups is 2. The smallest absolute Gasteiger partial charge is 0.326 e. The fraction of sp³-hybridized carbons (Fsp3) is 0.192. The molecule has 0 aliphatic carbocycles. The number of fused-ring (bicyclic) bond motifs is 1. The van der Waals surface area contributed by atoms with E-state index in [1.807, 2.05) is 62.4 Å². The zero-order valence-electron chi connectivity index (χ0n) is 18.3. The predicted molar refractivity (Wildman–Crippen MR) is 128 cm³/mol. The van der Waals surface area contributed by atoms with Crippen molar-refractivity contribution in [2.75, 3.05) is 6.61 Å². The molecule has 162 valence electrons. The van der Waals surface area contributed by atoms with Crippen LogP contribution in [0.15, 0.2) is 71.7 Å². The molecule has 1 amide bonds. The van der Waals surface area contributed by atoms with Crippen LogP contribution in [0.2, 0.25) is 0 Å². The van der Waals surface area contributed by atoms with Gasteiger partial charge in [-0.05, 0) is 67.3 Å². The van der Waals surface area contributed by atoms with Crippen molar-refractivity contribution in [2.24, 2.45) is 4.99 Å². The Morgan fingerprint density at radius 3 is 2.28 bits per heavy atom. The van der Waals surface area contributed by atoms with Gasteiger partial charge in [-0.25, -0.2) is 0 Å². The Morgan fingerprint density at radius 2 is 1.59 bits per heavy atom. The van der Waals surface area contributed by atoms with Gasteiger partial charge in [0.25, 0.3) is 5.91 Å². The number of benzene rings is 3. The highest BCUT2D eigenvalue weighted by Crippen LogP contribution is 2.23. The minimum Gasteiger partial charge on any atom is -0.465 e. The van der Waals surface area contributed by atoms with Gasteiger partial charge in [-0.1, -0.05) is 53.8 Å². The molecule has 3 aromatic carbocycles. The molecule has 0 spiro atoms. The fourth-order valence-corrected chi connectivity index (χ4v) is 4.59. The lowest BCUT2D eigenvalue weighted by atomic mass is 10.0. The molecule has 1 heterocycles. The second kappa shape index (κ2) is 9.32. The molecule has 0 atom stereocenters. The largest absolute Gasteiger partial charge is 0.465 e. The predicted octanol–water partition coefficient (Wildman–Crippen LogP) is 5.29. The average Bonchev–Trinajstić information content (AvgIpc) is 3.10. The van der Waals surface area contributed by atoms with Crippen molar-refractivity contribution in [3.05, 3.63) is 88.2 Å². The lowest BCUT2D eigenvalue weighted by Gasteiger charge is -2.06. The Bertz CT molecular complexity index is 1350. The molecule has 5 nitrogen and oxygen atoms in total. The summed E-state index contributed by atoms with van der Waals surface area (Å²) in [6.45, 7) is 6.15. The summed E-state index contributed by atoms with van der Waals surface area (Å²) in [6.07, 6.45) is 0. The zero-order chi connectivity index (χ0) is 22.7. The summed E-state index contributed by atoms with van der Waals surface area (Å²) in [5.74, 6) is -0.700. The van der Waals surface area contributed by atoms with Crippen molar-refractivity contribution < 1.29 is 14.3 Å². The highest BCUT2D eigenvalue weighted by molar-refractivity contribution is 7.16. The van der Waals surface area contributed by atoms with E-state index in [0.717, 1.165) is 32.5 Å². The normalized spacial score (nSPS) is 11.7. The molecule has 0 radical (unpaired) electrons. The monoisotopic (exact) mass is 444 g/mol. The Balaban J connectivity index is 1.73. The van der Waals surface area contributed by atoms with Gasteiger partial charge in [0.05, 0.1) is 16.8 Å². The maximum Gasteiger partial charge on any atom is 0.326 e. The number of aromatic nitrogens is 1. The first-order valence-electron chi connectivity index (χ1n) is 10.5. The van der Waals surface area contributed by atoms with Crippen molar-refractivity contribution in [2.45, 2.75) is 27.3 Å². The summed E-state index contributed by atoms with van der Waals surface area (Å²) >= 11 is 1.40. The highest BCUT2D eigenvalue weighted by Gasteiger charge is 2.14. The highest BCUT2D eigenvalue weighted by atomic mass is 32.1. The van der Waals surface area contributed by atoms with E-state index in [2.05, 4.69) is 11.1 Å². The van der Waals surface area contributed by atoms with Crippen LogP contribution in [0.5, 0.6) is 0 Å². The van der Waals surface area contributed by atoms with E-state index in [1.165, 1.54) is 11.3 Å². The molecular weight excluding hydrogens is 420 g/mol. The number of rotatable bonds is 5. The molecule has 4 rings (SSSR count). The first-order chi connectivity index (χ1) is 15.5. The summed E-state index contributed by atoms with van der Waals surface area (Å²) in [6, 6.07) is 21.5. The van der Waals surface area contributed by atoms with E-state index >= 15 is 0 Å². The van der Waals surface area contributed by atoms with Crippen LogP contribution in [0.3, 0.4) is 0 Å². The molecule has 0 bridgehead atoms. The number of hydrogen-bond acceptors (Lipinski definition) is 4. The van der Waals surface area contributed by atoms with Crippen LogP contribution in [0.1, 0.15) is 28.4 Å². The van der Waals surface area contributed by atoms with Crippen LogP contribution in [-0.2, 0) is 16.1 Å². The molecule has 0 unspecified atom stereocenters. The van der Waals surface area contributed by atoms with Crippen molar-refractivity contribution in [1.82, 2.24) is 4.57 Å². The standard InChI is InChI=1S/C26H24N2O3S/c1-4-31-24(29)16-28-22-14-17(2)18(3)15-23(22)32-26(28)27-25(30)21-12-10-20(11-13-21)19-8-6-5-7-9-19/h5-15H,4,16H2,1-3H3. The van der Waals surface area contributed by atoms with Crippen molar-refractivity contribution in [1.29, 1.82) is 0 Å². The molecule has 0 aliphatic rings. The van der Waals surface area contributed by atoms with E-state index in [9.17, 15) is 9.59 Å². The van der Waals surface area contributed by atoms with Crippen LogP contribution in [-0.4, -0.2) is 23.1 Å². The van der Waals surface area contributed by atoms with Crippen LogP contribution in [0.25, 0.3) is 21.3 Å². The zero-order valence-corrected chi connectivity index (χ0v) is 19.1. The number of amides is 1. The maximum absolute atomic E-state index is 12.9. The topological polar surface area (TPSA) is 60.7 Å². The summed E-state index contributed by atoms with van der Waals surface area (Å²) in [5, 5.41) is 0. The second-order valence-electron chi connectivity index (χ2n) is 7.54. The molecule has 0 aliphatic heterocycles. The van der Waals surface area contributed by atoms with E-state index in [0.29, 0.717) is 17.0 Å². The SMILES string of the molecule is CCOC(=O)Cn1c(=NC(=O)c2ccc(-c3ccccc3)cc2)sc2cc(C)c(C)cc21. The number of ether oxygens (including phenoxy) is 1. The fourth-order valence-electron chi connectivity index (χ4n) is 3.48. The van der Waals surface area contributed by atoms with Gasteiger partial charge in [0.2, 0.25) is 0 Å². The van der Waals surface area contributed by atoms with Crippen LogP contribution in [0.4, 0.5) is 0 Å².